The molecule has 0 unspecified atom stereocenters. The molecular weight excluding hydrogens is 254 g/mol. The molecule has 0 fully saturated rings. The molecule has 4 heteroatoms. The topological polar surface area (TPSA) is 48.3 Å². The van der Waals surface area contributed by atoms with E-state index in [0.29, 0.717) is 18.7 Å². The summed E-state index contributed by atoms with van der Waals surface area (Å²) in [6.45, 7) is 4.57. The molecule has 0 amide bonds. The normalized spacial score (nSPS) is 10.3. The lowest BCUT2D eigenvalue weighted by molar-refractivity contribution is 0.0526. The van der Waals surface area contributed by atoms with E-state index in [1.165, 1.54) is 0 Å². The van der Waals surface area contributed by atoms with Crippen molar-refractivity contribution in [1.82, 2.24) is 4.57 Å². The predicted octanol–water partition coefficient (Wildman–Crippen LogP) is 2.38. The highest BCUT2D eigenvalue weighted by molar-refractivity contribution is 5.89. The van der Waals surface area contributed by atoms with Crippen molar-refractivity contribution in [3.8, 4) is 0 Å². The van der Waals surface area contributed by atoms with Crippen LogP contribution in [0.25, 0.3) is 0 Å². The number of esters is 1. The zero-order valence-electron chi connectivity index (χ0n) is 11.6. The lowest BCUT2D eigenvalue weighted by atomic mass is 10.1. The number of aryl methyl sites for hydroxylation is 1. The molecule has 0 aliphatic rings. The molecular formula is C16H17NO3. The van der Waals surface area contributed by atoms with Gasteiger partial charge in [0.2, 0.25) is 0 Å². The van der Waals surface area contributed by atoms with Gasteiger partial charge in [-0.3, -0.25) is 4.79 Å². The summed E-state index contributed by atoms with van der Waals surface area (Å²) in [6.07, 6.45) is 1.82. The van der Waals surface area contributed by atoms with Crippen LogP contribution in [-0.4, -0.2) is 17.1 Å². The summed E-state index contributed by atoms with van der Waals surface area (Å²) in [5.74, 6) is -0.327. The van der Waals surface area contributed by atoms with Gasteiger partial charge in [-0.1, -0.05) is 18.2 Å². The third-order valence-corrected chi connectivity index (χ3v) is 2.95. The van der Waals surface area contributed by atoms with Gasteiger partial charge < -0.3 is 9.30 Å². The fourth-order valence-corrected chi connectivity index (χ4v) is 1.93. The van der Waals surface area contributed by atoms with E-state index in [1.807, 2.05) is 25.3 Å². The fraction of sp³-hybridized carbons (Fsp3) is 0.250. The van der Waals surface area contributed by atoms with Crippen LogP contribution in [0.15, 0.2) is 47.4 Å². The zero-order chi connectivity index (χ0) is 14.5. The van der Waals surface area contributed by atoms with Crippen LogP contribution in [0.1, 0.15) is 28.4 Å². The maximum Gasteiger partial charge on any atom is 0.338 e. The third kappa shape index (κ3) is 3.35. The van der Waals surface area contributed by atoms with E-state index in [2.05, 4.69) is 0 Å². The summed E-state index contributed by atoms with van der Waals surface area (Å²) in [5, 5.41) is 0. The van der Waals surface area contributed by atoms with Crippen LogP contribution < -0.4 is 5.56 Å². The molecule has 0 bridgehead atoms. The molecule has 0 aliphatic heterocycles. The Hall–Kier alpha value is -2.36. The van der Waals surface area contributed by atoms with Crippen molar-refractivity contribution < 1.29 is 9.53 Å². The number of carbonyl (C=O) groups excluding carboxylic acids is 1. The Kier molecular flexibility index (Phi) is 4.35. The predicted molar refractivity (Wildman–Crippen MR) is 76.9 cm³/mol. The van der Waals surface area contributed by atoms with E-state index in [-0.39, 0.29) is 11.5 Å². The Morgan fingerprint density at radius 3 is 2.50 bits per heavy atom. The molecule has 1 aromatic heterocycles. The van der Waals surface area contributed by atoms with Crippen LogP contribution in [0.4, 0.5) is 0 Å². The van der Waals surface area contributed by atoms with E-state index < -0.39 is 0 Å². The molecule has 0 N–H and O–H groups in total. The van der Waals surface area contributed by atoms with Crippen LogP contribution in [0.5, 0.6) is 0 Å². The van der Waals surface area contributed by atoms with Gasteiger partial charge in [-0.15, -0.1) is 0 Å². The maximum atomic E-state index is 11.7. The molecule has 1 aromatic carbocycles. The first-order valence-corrected chi connectivity index (χ1v) is 6.53. The van der Waals surface area contributed by atoms with Crippen molar-refractivity contribution in [2.24, 2.45) is 0 Å². The molecule has 0 saturated carbocycles. The molecule has 0 radical (unpaired) electrons. The van der Waals surface area contributed by atoms with E-state index in [1.54, 1.807) is 35.8 Å². The summed E-state index contributed by atoms with van der Waals surface area (Å²) < 4.78 is 6.57. The van der Waals surface area contributed by atoms with Gasteiger partial charge in [0.25, 0.3) is 5.56 Å². The Morgan fingerprint density at radius 1 is 1.15 bits per heavy atom. The molecule has 20 heavy (non-hydrogen) atoms. The maximum absolute atomic E-state index is 11.7. The quantitative estimate of drug-likeness (QED) is 0.802. The molecule has 0 aliphatic carbocycles. The summed E-state index contributed by atoms with van der Waals surface area (Å²) in [5.41, 5.74) is 2.48. The first-order chi connectivity index (χ1) is 9.60. The van der Waals surface area contributed by atoms with Gasteiger partial charge in [-0.25, -0.2) is 4.79 Å². The van der Waals surface area contributed by atoms with Gasteiger partial charge in [0, 0.05) is 12.3 Å². The second-order valence-electron chi connectivity index (χ2n) is 4.59. The number of rotatable bonds is 4. The van der Waals surface area contributed by atoms with Crippen LogP contribution in [0, 0.1) is 6.92 Å². The number of carbonyl (C=O) groups is 1. The average molecular weight is 271 g/mol. The molecule has 0 atom stereocenters. The van der Waals surface area contributed by atoms with Gasteiger partial charge in [-0.2, -0.15) is 0 Å². The number of hydrogen-bond acceptors (Lipinski definition) is 3. The first-order valence-electron chi connectivity index (χ1n) is 6.53. The fourth-order valence-electron chi connectivity index (χ4n) is 1.93. The largest absolute Gasteiger partial charge is 0.462 e. The van der Waals surface area contributed by atoms with E-state index in [0.717, 1.165) is 11.1 Å². The standard InChI is InChI=1S/C16H17NO3/c1-3-20-16(19)14-7-5-13(6-8-14)11-17-10-12(2)4-9-15(17)18/h4-10H,3,11H2,1-2H3. The number of aromatic nitrogens is 1. The molecule has 2 rings (SSSR count). The zero-order valence-corrected chi connectivity index (χ0v) is 11.6. The monoisotopic (exact) mass is 271 g/mol. The van der Waals surface area contributed by atoms with Crippen molar-refractivity contribution in [2.45, 2.75) is 20.4 Å². The summed E-state index contributed by atoms with van der Waals surface area (Å²) in [4.78, 5) is 23.3. The van der Waals surface area contributed by atoms with Crippen molar-refractivity contribution in [2.75, 3.05) is 6.61 Å². The van der Waals surface area contributed by atoms with Gasteiger partial charge in [-0.05, 0) is 37.1 Å². The highest BCUT2D eigenvalue weighted by Gasteiger charge is 2.06. The smallest absolute Gasteiger partial charge is 0.338 e. The van der Waals surface area contributed by atoms with Gasteiger partial charge >= 0.3 is 5.97 Å². The second-order valence-corrected chi connectivity index (χ2v) is 4.59. The summed E-state index contributed by atoms with van der Waals surface area (Å²) >= 11 is 0. The van der Waals surface area contributed by atoms with Crippen LogP contribution in [-0.2, 0) is 11.3 Å². The summed E-state index contributed by atoms with van der Waals surface area (Å²) in [6, 6.07) is 10.5. The number of hydrogen-bond donors (Lipinski definition) is 0. The van der Waals surface area contributed by atoms with Crippen LogP contribution in [0.2, 0.25) is 0 Å². The highest BCUT2D eigenvalue weighted by Crippen LogP contribution is 2.07. The first kappa shape index (κ1) is 14.1. The molecule has 1 heterocycles. The minimum atomic E-state index is -0.327. The average Bonchev–Trinajstić information content (AvgIpc) is 2.44. The Labute approximate surface area is 117 Å². The SMILES string of the molecule is CCOC(=O)c1ccc(Cn2cc(C)ccc2=O)cc1. The highest BCUT2D eigenvalue weighted by atomic mass is 16.5. The van der Waals surface area contributed by atoms with Crippen molar-refractivity contribution in [3.63, 3.8) is 0 Å². The van der Waals surface area contributed by atoms with Gasteiger partial charge in [0.05, 0.1) is 18.7 Å². The minimum absolute atomic E-state index is 0.0370. The molecule has 0 saturated heterocycles. The number of pyridine rings is 1. The Bertz CT molecular complexity index is 656. The van der Waals surface area contributed by atoms with Crippen molar-refractivity contribution in [3.05, 3.63) is 69.6 Å². The molecule has 0 spiro atoms. The molecule has 4 nitrogen and oxygen atoms in total. The summed E-state index contributed by atoms with van der Waals surface area (Å²) in [7, 11) is 0. The third-order valence-electron chi connectivity index (χ3n) is 2.95. The lowest BCUT2D eigenvalue weighted by Gasteiger charge is -2.07. The van der Waals surface area contributed by atoms with Gasteiger partial charge in [0.1, 0.15) is 0 Å². The van der Waals surface area contributed by atoms with Crippen molar-refractivity contribution >= 4 is 5.97 Å². The Balaban J connectivity index is 2.17. The number of benzene rings is 1. The minimum Gasteiger partial charge on any atom is -0.462 e. The van der Waals surface area contributed by atoms with Gasteiger partial charge in [0.15, 0.2) is 0 Å². The van der Waals surface area contributed by atoms with Crippen LogP contribution in [0.3, 0.4) is 0 Å². The lowest BCUT2D eigenvalue weighted by Crippen LogP contribution is -2.19. The molecule has 2 aromatic rings. The van der Waals surface area contributed by atoms with Crippen LogP contribution >= 0.6 is 0 Å². The molecule has 104 valence electrons. The second kappa shape index (κ2) is 6.19. The van der Waals surface area contributed by atoms with Crippen molar-refractivity contribution in [1.29, 1.82) is 0 Å². The number of nitrogens with zero attached hydrogens (tertiary/aromatic N) is 1. The Morgan fingerprint density at radius 2 is 1.85 bits per heavy atom. The van der Waals surface area contributed by atoms with E-state index in [9.17, 15) is 9.59 Å². The van der Waals surface area contributed by atoms with E-state index >= 15 is 0 Å². The van der Waals surface area contributed by atoms with E-state index in [4.69, 9.17) is 4.74 Å². The number of ether oxygens (including phenoxy) is 1.